The lowest BCUT2D eigenvalue weighted by Crippen LogP contribution is -2.13. The van der Waals surface area contributed by atoms with Crippen molar-refractivity contribution in [2.24, 2.45) is 5.73 Å². The summed E-state index contributed by atoms with van der Waals surface area (Å²) in [7, 11) is 0. The summed E-state index contributed by atoms with van der Waals surface area (Å²) in [5.41, 5.74) is 8.30. The highest BCUT2D eigenvalue weighted by atomic mass is 32.2. The lowest BCUT2D eigenvalue weighted by molar-refractivity contribution is 0.516. The first-order valence-electron chi connectivity index (χ1n) is 5.93. The first-order valence-corrected chi connectivity index (χ1v) is 6.98. The summed E-state index contributed by atoms with van der Waals surface area (Å²) in [6.45, 7) is 6.44. The van der Waals surface area contributed by atoms with E-state index in [1.807, 2.05) is 17.8 Å². The van der Waals surface area contributed by atoms with Gasteiger partial charge in [-0.1, -0.05) is 25.5 Å². The SMILES string of the molecule is Cc1ccc2oc(C(N)CSC(C)C)cc2c1. The average molecular weight is 249 g/mol. The van der Waals surface area contributed by atoms with Crippen molar-refractivity contribution in [1.82, 2.24) is 0 Å². The van der Waals surface area contributed by atoms with Gasteiger partial charge in [-0.15, -0.1) is 0 Å². The third-order valence-electron chi connectivity index (χ3n) is 2.67. The van der Waals surface area contributed by atoms with Crippen LogP contribution in [0.2, 0.25) is 0 Å². The van der Waals surface area contributed by atoms with Crippen molar-refractivity contribution in [3.8, 4) is 0 Å². The molecule has 1 aromatic carbocycles. The Hall–Kier alpha value is -0.930. The molecule has 2 nitrogen and oxygen atoms in total. The van der Waals surface area contributed by atoms with Gasteiger partial charge in [0.05, 0.1) is 6.04 Å². The van der Waals surface area contributed by atoms with Gasteiger partial charge in [-0.3, -0.25) is 0 Å². The van der Waals surface area contributed by atoms with E-state index in [1.165, 1.54) is 5.56 Å². The van der Waals surface area contributed by atoms with Crippen LogP contribution in [0.1, 0.15) is 31.2 Å². The van der Waals surface area contributed by atoms with E-state index in [2.05, 4.69) is 39.0 Å². The Morgan fingerprint density at radius 3 is 2.76 bits per heavy atom. The summed E-state index contributed by atoms with van der Waals surface area (Å²) in [4.78, 5) is 0. The van der Waals surface area contributed by atoms with Crippen LogP contribution in [0.4, 0.5) is 0 Å². The van der Waals surface area contributed by atoms with Gasteiger partial charge >= 0.3 is 0 Å². The van der Waals surface area contributed by atoms with Crippen LogP contribution in [0.5, 0.6) is 0 Å². The molecule has 0 saturated heterocycles. The van der Waals surface area contributed by atoms with Gasteiger partial charge in [0, 0.05) is 11.1 Å². The summed E-state index contributed by atoms with van der Waals surface area (Å²) in [5, 5.41) is 1.75. The molecule has 0 spiro atoms. The van der Waals surface area contributed by atoms with Crippen molar-refractivity contribution in [2.45, 2.75) is 32.1 Å². The molecule has 2 rings (SSSR count). The van der Waals surface area contributed by atoms with Gasteiger partial charge in [0.1, 0.15) is 11.3 Å². The quantitative estimate of drug-likeness (QED) is 0.893. The van der Waals surface area contributed by atoms with E-state index in [4.69, 9.17) is 10.2 Å². The number of benzene rings is 1. The Balaban J connectivity index is 2.18. The van der Waals surface area contributed by atoms with E-state index in [1.54, 1.807) is 0 Å². The number of nitrogens with two attached hydrogens (primary N) is 1. The molecule has 0 aliphatic heterocycles. The maximum Gasteiger partial charge on any atom is 0.134 e. The Morgan fingerprint density at radius 1 is 1.29 bits per heavy atom. The molecular weight excluding hydrogens is 230 g/mol. The molecule has 2 aromatic rings. The normalized spacial score (nSPS) is 13.5. The number of aryl methyl sites for hydroxylation is 1. The van der Waals surface area contributed by atoms with Crippen LogP contribution in [0.15, 0.2) is 28.7 Å². The standard InChI is InChI=1S/C14H19NOS/c1-9(2)17-8-12(15)14-7-11-6-10(3)4-5-13(11)16-14/h4-7,9,12H,8,15H2,1-3H3. The third kappa shape index (κ3) is 3.05. The van der Waals surface area contributed by atoms with E-state index in [0.29, 0.717) is 5.25 Å². The fourth-order valence-corrected chi connectivity index (χ4v) is 2.50. The number of rotatable bonds is 4. The zero-order valence-electron chi connectivity index (χ0n) is 10.6. The summed E-state index contributed by atoms with van der Waals surface area (Å²) < 4.78 is 5.78. The fraction of sp³-hybridized carbons (Fsp3) is 0.429. The largest absolute Gasteiger partial charge is 0.459 e. The van der Waals surface area contributed by atoms with E-state index in [9.17, 15) is 0 Å². The third-order valence-corrected chi connectivity index (χ3v) is 3.88. The van der Waals surface area contributed by atoms with Gasteiger partial charge in [0.15, 0.2) is 0 Å². The smallest absolute Gasteiger partial charge is 0.134 e. The molecule has 0 fully saturated rings. The second-order valence-corrected chi connectivity index (χ2v) is 6.29. The number of thioether (sulfide) groups is 1. The Kier molecular flexibility index (Phi) is 3.79. The molecule has 3 heteroatoms. The van der Waals surface area contributed by atoms with Crippen molar-refractivity contribution < 1.29 is 4.42 Å². The first-order chi connectivity index (χ1) is 8.06. The zero-order valence-corrected chi connectivity index (χ0v) is 11.4. The van der Waals surface area contributed by atoms with Crippen LogP contribution in [0, 0.1) is 6.92 Å². The highest BCUT2D eigenvalue weighted by molar-refractivity contribution is 7.99. The highest BCUT2D eigenvalue weighted by Crippen LogP contribution is 2.26. The molecule has 0 saturated carbocycles. The Morgan fingerprint density at radius 2 is 2.06 bits per heavy atom. The van der Waals surface area contributed by atoms with Crippen molar-refractivity contribution >= 4 is 22.7 Å². The second kappa shape index (κ2) is 5.15. The highest BCUT2D eigenvalue weighted by Gasteiger charge is 2.12. The lowest BCUT2D eigenvalue weighted by atomic mass is 10.2. The molecular formula is C14H19NOS. The van der Waals surface area contributed by atoms with E-state index >= 15 is 0 Å². The van der Waals surface area contributed by atoms with Crippen molar-refractivity contribution in [3.63, 3.8) is 0 Å². The van der Waals surface area contributed by atoms with Crippen LogP contribution in [-0.2, 0) is 0 Å². The number of hydrogen-bond donors (Lipinski definition) is 1. The molecule has 1 unspecified atom stereocenters. The van der Waals surface area contributed by atoms with Gasteiger partial charge in [-0.2, -0.15) is 11.8 Å². The lowest BCUT2D eigenvalue weighted by Gasteiger charge is -2.09. The Bertz CT molecular complexity index is 504. The van der Waals surface area contributed by atoms with Crippen LogP contribution in [-0.4, -0.2) is 11.0 Å². The average Bonchev–Trinajstić information content (AvgIpc) is 2.68. The van der Waals surface area contributed by atoms with Crippen LogP contribution in [0.25, 0.3) is 11.0 Å². The minimum Gasteiger partial charge on any atom is -0.459 e. The topological polar surface area (TPSA) is 39.2 Å². The molecule has 0 bridgehead atoms. The van der Waals surface area contributed by atoms with Gasteiger partial charge < -0.3 is 10.2 Å². The molecule has 1 heterocycles. The number of fused-ring (bicyclic) bond motifs is 1. The first kappa shape index (κ1) is 12.5. The van der Waals surface area contributed by atoms with Crippen LogP contribution in [0.3, 0.4) is 0 Å². The summed E-state index contributed by atoms with van der Waals surface area (Å²) in [6, 6.07) is 8.24. The molecule has 92 valence electrons. The molecule has 0 aliphatic rings. The minimum absolute atomic E-state index is 0.0184. The number of furan rings is 1. The monoisotopic (exact) mass is 249 g/mol. The predicted octanol–water partition coefficient (Wildman–Crippen LogP) is 3.88. The molecule has 0 radical (unpaired) electrons. The van der Waals surface area contributed by atoms with Crippen molar-refractivity contribution in [2.75, 3.05) is 5.75 Å². The molecule has 0 amide bonds. The van der Waals surface area contributed by atoms with Gasteiger partial charge in [0.2, 0.25) is 0 Å². The predicted molar refractivity (Wildman–Crippen MR) is 75.5 cm³/mol. The molecule has 17 heavy (non-hydrogen) atoms. The maximum atomic E-state index is 6.13. The number of hydrogen-bond acceptors (Lipinski definition) is 3. The summed E-state index contributed by atoms with van der Waals surface area (Å²) >= 11 is 1.86. The van der Waals surface area contributed by atoms with Gasteiger partial charge in [0.25, 0.3) is 0 Å². The summed E-state index contributed by atoms with van der Waals surface area (Å²) in [6.07, 6.45) is 0. The molecule has 1 atom stereocenters. The van der Waals surface area contributed by atoms with Crippen molar-refractivity contribution in [1.29, 1.82) is 0 Å². The summed E-state index contributed by atoms with van der Waals surface area (Å²) in [5.74, 6) is 1.79. The van der Waals surface area contributed by atoms with Crippen LogP contribution < -0.4 is 5.73 Å². The van der Waals surface area contributed by atoms with Gasteiger partial charge in [-0.25, -0.2) is 0 Å². The molecule has 0 aliphatic carbocycles. The fourth-order valence-electron chi connectivity index (χ4n) is 1.74. The van der Waals surface area contributed by atoms with E-state index < -0.39 is 0 Å². The molecule has 1 aromatic heterocycles. The Labute approximate surface area is 107 Å². The van der Waals surface area contributed by atoms with Crippen molar-refractivity contribution in [3.05, 3.63) is 35.6 Å². The maximum absolute atomic E-state index is 6.13. The second-order valence-electron chi connectivity index (χ2n) is 4.68. The van der Waals surface area contributed by atoms with E-state index in [0.717, 1.165) is 22.5 Å². The molecule has 2 N–H and O–H groups in total. The minimum atomic E-state index is -0.0184. The van der Waals surface area contributed by atoms with E-state index in [-0.39, 0.29) is 6.04 Å². The van der Waals surface area contributed by atoms with Crippen LogP contribution >= 0.6 is 11.8 Å². The zero-order chi connectivity index (χ0) is 12.4. The van der Waals surface area contributed by atoms with Gasteiger partial charge in [-0.05, 0) is 30.4 Å².